The molecular formula is C18H23ClN2OS. The molecule has 1 saturated heterocycles. The highest BCUT2D eigenvalue weighted by Crippen LogP contribution is 2.31. The average Bonchev–Trinajstić information content (AvgIpc) is 3.14. The number of thiophene rings is 1. The highest BCUT2D eigenvalue weighted by Gasteiger charge is 2.35. The first-order valence-corrected chi connectivity index (χ1v) is 8.63. The predicted octanol–water partition coefficient (Wildman–Crippen LogP) is 3.86. The van der Waals surface area contributed by atoms with Crippen LogP contribution in [0.3, 0.4) is 0 Å². The molecule has 3 rings (SSSR count). The van der Waals surface area contributed by atoms with Crippen LogP contribution in [0.4, 0.5) is 0 Å². The Labute approximate surface area is 147 Å². The number of carbonyl (C=O) groups excluding carboxylic acids is 1. The minimum Gasteiger partial charge on any atom is -0.336 e. The molecular weight excluding hydrogens is 328 g/mol. The number of rotatable bonds is 3. The van der Waals surface area contributed by atoms with Crippen molar-refractivity contribution in [2.45, 2.75) is 31.7 Å². The van der Waals surface area contributed by atoms with Gasteiger partial charge in [-0.2, -0.15) is 0 Å². The molecule has 0 spiro atoms. The lowest BCUT2D eigenvalue weighted by atomic mass is 9.95. The van der Waals surface area contributed by atoms with Crippen molar-refractivity contribution >= 4 is 29.7 Å². The molecule has 5 heteroatoms. The summed E-state index contributed by atoms with van der Waals surface area (Å²) in [5.41, 5.74) is 8.67. The van der Waals surface area contributed by atoms with E-state index in [9.17, 15) is 4.79 Å². The van der Waals surface area contributed by atoms with Gasteiger partial charge in [0, 0.05) is 25.0 Å². The van der Waals surface area contributed by atoms with Crippen LogP contribution in [-0.2, 0) is 0 Å². The van der Waals surface area contributed by atoms with E-state index < -0.39 is 0 Å². The van der Waals surface area contributed by atoms with Gasteiger partial charge in [-0.1, -0.05) is 44.2 Å². The molecule has 0 unspecified atom stereocenters. The van der Waals surface area contributed by atoms with Gasteiger partial charge in [-0.05, 0) is 28.5 Å². The third kappa shape index (κ3) is 3.60. The summed E-state index contributed by atoms with van der Waals surface area (Å²) in [6, 6.07) is 12.3. The van der Waals surface area contributed by atoms with Gasteiger partial charge < -0.3 is 10.6 Å². The van der Waals surface area contributed by atoms with Crippen LogP contribution in [0.5, 0.6) is 0 Å². The van der Waals surface area contributed by atoms with Gasteiger partial charge in [0.2, 0.25) is 0 Å². The fraction of sp³-hybridized carbons (Fsp3) is 0.389. The van der Waals surface area contributed by atoms with E-state index >= 15 is 0 Å². The first-order chi connectivity index (χ1) is 10.6. The average molecular weight is 351 g/mol. The van der Waals surface area contributed by atoms with Crippen molar-refractivity contribution < 1.29 is 4.79 Å². The van der Waals surface area contributed by atoms with Gasteiger partial charge in [0.15, 0.2) is 0 Å². The monoisotopic (exact) mass is 350 g/mol. The molecule has 1 amide bonds. The topological polar surface area (TPSA) is 46.3 Å². The van der Waals surface area contributed by atoms with Crippen LogP contribution in [0.2, 0.25) is 0 Å². The number of nitrogens with zero attached hydrogens (tertiary/aromatic N) is 1. The summed E-state index contributed by atoms with van der Waals surface area (Å²) >= 11 is 1.54. The maximum Gasteiger partial charge on any atom is 0.264 e. The van der Waals surface area contributed by atoms with Gasteiger partial charge in [0.1, 0.15) is 0 Å². The summed E-state index contributed by atoms with van der Waals surface area (Å²) in [7, 11) is 0. The van der Waals surface area contributed by atoms with Crippen LogP contribution in [0.25, 0.3) is 0 Å². The van der Waals surface area contributed by atoms with Crippen LogP contribution < -0.4 is 5.73 Å². The van der Waals surface area contributed by atoms with E-state index in [2.05, 4.69) is 32.0 Å². The minimum absolute atomic E-state index is 0. The zero-order chi connectivity index (χ0) is 15.7. The van der Waals surface area contributed by atoms with Gasteiger partial charge in [-0.25, -0.2) is 0 Å². The molecule has 1 aliphatic rings. The number of hydrogen-bond donors (Lipinski definition) is 1. The van der Waals surface area contributed by atoms with Crippen molar-refractivity contribution in [3.8, 4) is 0 Å². The van der Waals surface area contributed by atoms with Crippen LogP contribution in [0.15, 0.2) is 41.8 Å². The Morgan fingerprint density at radius 2 is 1.91 bits per heavy atom. The summed E-state index contributed by atoms with van der Waals surface area (Å²) in [6.07, 6.45) is 0. The van der Waals surface area contributed by atoms with Crippen molar-refractivity contribution in [1.29, 1.82) is 0 Å². The molecule has 0 saturated carbocycles. The fourth-order valence-electron chi connectivity index (χ4n) is 3.14. The standard InChI is InChI=1S/C18H22N2OS.ClH/c1-12(2)14-8-9-22-17(14)18(21)20-10-15(16(19)11-20)13-6-4-3-5-7-13;/h3-9,12,15-16H,10-11,19H2,1-2H3;1H/t15-,16+;/m0./s1. The van der Waals surface area contributed by atoms with Crippen molar-refractivity contribution in [3.05, 3.63) is 57.8 Å². The van der Waals surface area contributed by atoms with Crippen LogP contribution >= 0.6 is 23.7 Å². The maximum atomic E-state index is 12.8. The molecule has 2 atom stereocenters. The molecule has 1 aliphatic heterocycles. The fourth-order valence-corrected chi connectivity index (χ4v) is 4.16. The van der Waals surface area contributed by atoms with Crippen LogP contribution in [0, 0.1) is 0 Å². The van der Waals surface area contributed by atoms with E-state index in [1.807, 2.05) is 28.5 Å². The summed E-state index contributed by atoms with van der Waals surface area (Å²) in [5, 5.41) is 2.01. The Balaban J connectivity index is 0.00000192. The van der Waals surface area contributed by atoms with Crippen molar-refractivity contribution in [2.75, 3.05) is 13.1 Å². The van der Waals surface area contributed by atoms with Crippen molar-refractivity contribution in [1.82, 2.24) is 4.90 Å². The quantitative estimate of drug-likeness (QED) is 0.913. The van der Waals surface area contributed by atoms with E-state index in [1.165, 1.54) is 16.9 Å². The zero-order valence-corrected chi connectivity index (χ0v) is 15.1. The van der Waals surface area contributed by atoms with Gasteiger partial charge in [-0.3, -0.25) is 4.79 Å². The normalized spacial score (nSPS) is 20.6. The lowest BCUT2D eigenvalue weighted by Crippen LogP contribution is -2.32. The number of halogens is 1. The smallest absolute Gasteiger partial charge is 0.264 e. The number of benzene rings is 1. The lowest BCUT2D eigenvalue weighted by Gasteiger charge is -2.17. The summed E-state index contributed by atoms with van der Waals surface area (Å²) in [5.74, 6) is 0.728. The molecule has 0 bridgehead atoms. The molecule has 0 radical (unpaired) electrons. The SMILES string of the molecule is CC(C)c1ccsc1C(=O)N1C[C@@H](N)[C@H](c2ccccc2)C1.Cl. The predicted molar refractivity (Wildman–Crippen MR) is 98.7 cm³/mol. The number of hydrogen-bond acceptors (Lipinski definition) is 3. The summed E-state index contributed by atoms with van der Waals surface area (Å²) in [6.45, 7) is 5.59. The number of nitrogens with two attached hydrogens (primary N) is 1. The van der Waals surface area contributed by atoms with E-state index in [0.29, 0.717) is 19.0 Å². The number of likely N-dealkylation sites (tertiary alicyclic amines) is 1. The Kier molecular flexibility index (Phi) is 5.84. The largest absolute Gasteiger partial charge is 0.336 e. The Bertz CT molecular complexity index is 656. The Morgan fingerprint density at radius 1 is 1.22 bits per heavy atom. The Morgan fingerprint density at radius 3 is 2.57 bits per heavy atom. The van der Waals surface area contributed by atoms with Gasteiger partial charge in [-0.15, -0.1) is 23.7 Å². The maximum absolute atomic E-state index is 12.8. The molecule has 1 fully saturated rings. The lowest BCUT2D eigenvalue weighted by molar-refractivity contribution is 0.0792. The molecule has 2 heterocycles. The highest BCUT2D eigenvalue weighted by atomic mass is 35.5. The van der Waals surface area contributed by atoms with Crippen molar-refractivity contribution in [3.63, 3.8) is 0 Å². The van der Waals surface area contributed by atoms with E-state index in [4.69, 9.17) is 5.73 Å². The molecule has 3 nitrogen and oxygen atoms in total. The molecule has 0 aliphatic carbocycles. The molecule has 23 heavy (non-hydrogen) atoms. The second-order valence-corrected chi connectivity index (χ2v) is 7.17. The zero-order valence-electron chi connectivity index (χ0n) is 13.4. The van der Waals surface area contributed by atoms with Crippen molar-refractivity contribution in [2.24, 2.45) is 5.73 Å². The van der Waals surface area contributed by atoms with E-state index in [0.717, 1.165) is 10.4 Å². The molecule has 1 aromatic carbocycles. The summed E-state index contributed by atoms with van der Waals surface area (Å²) < 4.78 is 0. The number of amides is 1. The molecule has 124 valence electrons. The van der Waals surface area contributed by atoms with Crippen LogP contribution in [-0.4, -0.2) is 29.9 Å². The molecule has 2 N–H and O–H groups in total. The molecule has 1 aromatic heterocycles. The highest BCUT2D eigenvalue weighted by molar-refractivity contribution is 7.12. The van der Waals surface area contributed by atoms with E-state index in [1.54, 1.807) is 0 Å². The van der Waals surface area contributed by atoms with E-state index in [-0.39, 0.29) is 30.3 Å². The third-order valence-corrected chi connectivity index (χ3v) is 5.31. The third-order valence-electron chi connectivity index (χ3n) is 4.39. The first-order valence-electron chi connectivity index (χ1n) is 7.75. The van der Waals surface area contributed by atoms with Gasteiger partial charge >= 0.3 is 0 Å². The van der Waals surface area contributed by atoms with Gasteiger partial charge in [0.05, 0.1) is 4.88 Å². The second kappa shape index (κ2) is 7.47. The van der Waals surface area contributed by atoms with Gasteiger partial charge in [0.25, 0.3) is 5.91 Å². The Hall–Kier alpha value is -1.36. The molecule has 2 aromatic rings. The summed E-state index contributed by atoms with van der Waals surface area (Å²) in [4.78, 5) is 15.6. The minimum atomic E-state index is 0. The first kappa shape index (κ1) is 18.0. The second-order valence-electron chi connectivity index (χ2n) is 6.25. The van der Waals surface area contributed by atoms with Crippen LogP contribution in [0.1, 0.15) is 46.5 Å². The number of carbonyl (C=O) groups is 1.